The normalized spacial score (nSPS) is 17.7. The van der Waals surface area contributed by atoms with E-state index in [4.69, 9.17) is 5.84 Å². The van der Waals surface area contributed by atoms with Gasteiger partial charge >= 0.3 is 0 Å². The van der Waals surface area contributed by atoms with Gasteiger partial charge in [0.05, 0.1) is 0 Å². The van der Waals surface area contributed by atoms with Crippen molar-refractivity contribution in [3.05, 3.63) is 11.8 Å². The van der Waals surface area contributed by atoms with E-state index in [0.717, 1.165) is 17.9 Å². The van der Waals surface area contributed by atoms with Crippen molar-refractivity contribution < 1.29 is 0 Å². The standard InChI is InChI=1S/C11H19N5/c1-8-6-13-10(16-12)15-9(8)14-7-11(2)4-3-5-11/h6H,3-5,7,12H2,1-2H3,(H2,13,14,15,16). The summed E-state index contributed by atoms with van der Waals surface area (Å²) in [5.41, 5.74) is 3.94. The molecule has 0 radical (unpaired) electrons. The Labute approximate surface area is 95.8 Å². The molecule has 1 saturated carbocycles. The molecule has 1 aromatic heterocycles. The van der Waals surface area contributed by atoms with E-state index < -0.39 is 0 Å². The number of hydrogen-bond acceptors (Lipinski definition) is 5. The van der Waals surface area contributed by atoms with Crippen LogP contribution in [-0.4, -0.2) is 16.5 Å². The SMILES string of the molecule is Cc1cnc(NN)nc1NCC1(C)CCC1. The molecule has 5 nitrogen and oxygen atoms in total. The maximum absolute atomic E-state index is 5.29. The number of nitrogens with two attached hydrogens (primary N) is 1. The summed E-state index contributed by atoms with van der Waals surface area (Å²) in [4.78, 5) is 8.34. The van der Waals surface area contributed by atoms with Crippen molar-refractivity contribution in [3.63, 3.8) is 0 Å². The molecule has 1 aromatic rings. The van der Waals surface area contributed by atoms with E-state index in [9.17, 15) is 0 Å². The minimum atomic E-state index is 0.438. The van der Waals surface area contributed by atoms with Crippen LogP contribution in [0.25, 0.3) is 0 Å². The molecule has 88 valence electrons. The van der Waals surface area contributed by atoms with Crippen molar-refractivity contribution in [3.8, 4) is 0 Å². The molecule has 16 heavy (non-hydrogen) atoms. The van der Waals surface area contributed by atoms with E-state index in [-0.39, 0.29) is 0 Å². The van der Waals surface area contributed by atoms with Crippen LogP contribution in [0.15, 0.2) is 6.20 Å². The third-order valence-electron chi connectivity index (χ3n) is 3.34. The molecule has 0 bridgehead atoms. The van der Waals surface area contributed by atoms with Crippen molar-refractivity contribution in [1.29, 1.82) is 0 Å². The molecule has 1 fully saturated rings. The first kappa shape index (κ1) is 11.1. The minimum absolute atomic E-state index is 0.438. The number of aryl methyl sites for hydroxylation is 1. The van der Waals surface area contributed by atoms with Crippen molar-refractivity contribution in [2.45, 2.75) is 33.1 Å². The number of hydrazine groups is 1. The lowest BCUT2D eigenvalue weighted by Crippen LogP contribution is -2.33. The van der Waals surface area contributed by atoms with Gasteiger partial charge in [0.15, 0.2) is 0 Å². The van der Waals surface area contributed by atoms with Gasteiger partial charge in [-0.05, 0) is 25.2 Å². The van der Waals surface area contributed by atoms with Crippen LogP contribution in [0, 0.1) is 12.3 Å². The quantitative estimate of drug-likeness (QED) is 0.532. The molecule has 5 heteroatoms. The van der Waals surface area contributed by atoms with Crippen LogP contribution in [0.5, 0.6) is 0 Å². The van der Waals surface area contributed by atoms with Gasteiger partial charge in [-0.2, -0.15) is 4.98 Å². The minimum Gasteiger partial charge on any atom is -0.369 e. The highest BCUT2D eigenvalue weighted by Gasteiger charge is 2.31. The zero-order valence-electron chi connectivity index (χ0n) is 9.88. The van der Waals surface area contributed by atoms with Crippen LogP contribution in [0.3, 0.4) is 0 Å². The maximum Gasteiger partial charge on any atom is 0.239 e. The summed E-state index contributed by atoms with van der Waals surface area (Å²) in [6.45, 7) is 5.27. The van der Waals surface area contributed by atoms with Gasteiger partial charge in [-0.25, -0.2) is 10.8 Å². The molecule has 0 aliphatic heterocycles. The van der Waals surface area contributed by atoms with Crippen LogP contribution in [0.1, 0.15) is 31.7 Å². The largest absolute Gasteiger partial charge is 0.369 e. The molecule has 1 aliphatic carbocycles. The third kappa shape index (κ3) is 2.24. The van der Waals surface area contributed by atoms with E-state index in [1.165, 1.54) is 19.3 Å². The molecule has 4 N–H and O–H groups in total. The number of nitrogen functional groups attached to an aromatic ring is 1. The van der Waals surface area contributed by atoms with E-state index in [1.54, 1.807) is 6.20 Å². The topological polar surface area (TPSA) is 75.9 Å². The summed E-state index contributed by atoms with van der Waals surface area (Å²) in [5, 5.41) is 3.38. The smallest absolute Gasteiger partial charge is 0.239 e. The number of rotatable bonds is 4. The second-order valence-corrected chi connectivity index (χ2v) is 4.89. The summed E-state index contributed by atoms with van der Waals surface area (Å²) < 4.78 is 0. The molecular formula is C11H19N5. The Balaban J connectivity index is 2.02. The lowest BCUT2D eigenvalue weighted by Gasteiger charge is -2.38. The first-order valence-electron chi connectivity index (χ1n) is 5.67. The highest BCUT2D eigenvalue weighted by Crippen LogP contribution is 2.40. The van der Waals surface area contributed by atoms with E-state index in [2.05, 4.69) is 27.6 Å². The molecule has 0 atom stereocenters. The number of aromatic nitrogens is 2. The van der Waals surface area contributed by atoms with Gasteiger partial charge in [-0.1, -0.05) is 13.3 Å². The first-order chi connectivity index (χ1) is 7.63. The number of anilines is 2. The summed E-state index contributed by atoms with van der Waals surface area (Å²) in [6.07, 6.45) is 5.71. The summed E-state index contributed by atoms with van der Waals surface area (Å²) in [7, 11) is 0. The van der Waals surface area contributed by atoms with Gasteiger partial charge in [-0.3, -0.25) is 5.43 Å². The van der Waals surface area contributed by atoms with Crippen LogP contribution in [-0.2, 0) is 0 Å². The third-order valence-corrected chi connectivity index (χ3v) is 3.34. The van der Waals surface area contributed by atoms with Crippen LogP contribution in [0.4, 0.5) is 11.8 Å². The van der Waals surface area contributed by atoms with Gasteiger partial charge in [0.25, 0.3) is 0 Å². The first-order valence-corrected chi connectivity index (χ1v) is 5.67. The monoisotopic (exact) mass is 221 g/mol. The van der Waals surface area contributed by atoms with Crippen LogP contribution >= 0.6 is 0 Å². The van der Waals surface area contributed by atoms with Crippen LogP contribution < -0.4 is 16.6 Å². The fourth-order valence-corrected chi connectivity index (χ4v) is 1.94. The number of hydrogen-bond donors (Lipinski definition) is 3. The summed E-state index contributed by atoms with van der Waals surface area (Å²) in [6, 6.07) is 0. The van der Waals surface area contributed by atoms with E-state index in [0.29, 0.717) is 11.4 Å². The Morgan fingerprint density at radius 2 is 2.25 bits per heavy atom. The highest BCUT2D eigenvalue weighted by atomic mass is 15.3. The molecule has 1 heterocycles. The molecule has 0 aromatic carbocycles. The van der Waals surface area contributed by atoms with Crippen molar-refractivity contribution >= 4 is 11.8 Å². The Bertz CT molecular complexity index is 373. The van der Waals surface area contributed by atoms with E-state index >= 15 is 0 Å². The second-order valence-electron chi connectivity index (χ2n) is 4.89. The Morgan fingerprint density at radius 3 is 2.81 bits per heavy atom. The predicted molar refractivity (Wildman–Crippen MR) is 65.0 cm³/mol. The average molecular weight is 221 g/mol. The van der Waals surface area contributed by atoms with E-state index in [1.807, 2.05) is 6.92 Å². The summed E-state index contributed by atoms with van der Waals surface area (Å²) >= 11 is 0. The zero-order valence-corrected chi connectivity index (χ0v) is 9.88. The lowest BCUT2D eigenvalue weighted by molar-refractivity contribution is 0.180. The fourth-order valence-electron chi connectivity index (χ4n) is 1.94. The van der Waals surface area contributed by atoms with Gasteiger partial charge < -0.3 is 5.32 Å². The molecule has 1 aliphatic rings. The maximum atomic E-state index is 5.29. The van der Waals surface area contributed by atoms with Crippen LogP contribution in [0.2, 0.25) is 0 Å². The Hall–Kier alpha value is -1.36. The molecule has 0 spiro atoms. The Morgan fingerprint density at radius 1 is 1.50 bits per heavy atom. The molecule has 0 unspecified atom stereocenters. The fraction of sp³-hybridized carbons (Fsp3) is 0.636. The Kier molecular flexibility index (Phi) is 2.96. The average Bonchev–Trinajstić information content (AvgIpc) is 2.25. The predicted octanol–water partition coefficient (Wildman–Crippen LogP) is 1.67. The molecule has 0 saturated heterocycles. The van der Waals surface area contributed by atoms with Gasteiger partial charge in [0, 0.05) is 18.3 Å². The van der Waals surface area contributed by atoms with Gasteiger partial charge in [0.2, 0.25) is 5.95 Å². The summed E-state index contributed by atoms with van der Waals surface area (Å²) in [5.74, 6) is 6.61. The highest BCUT2D eigenvalue weighted by molar-refractivity contribution is 5.46. The lowest BCUT2D eigenvalue weighted by atomic mass is 9.70. The number of nitrogens with zero attached hydrogens (tertiary/aromatic N) is 2. The molecular weight excluding hydrogens is 202 g/mol. The van der Waals surface area contributed by atoms with Gasteiger partial charge in [0.1, 0.15) is 5.82 Å². The zero-order chi connectivity index (χ0) is 11.6. The molecule has 0 amide bonds. The van der Waals surface area contributed by atoms with Gasteiger partial charge in [-0.15, -0.1) is 0 Å². The second kappa shape index (κ2) is 4.25. The van der Waals surface area contributed by atoms with Crippen molar-refractivity contribution in [2.75, 3.05) is 17.3 Å². The van der Waals surface area contributed by atoms with Crippen molar-refractivity contribution in [2.24, 2.45) is 11.3 Å². The van der Waals surface area contributed by atoms with Crippen molar-refractivity contribution in [1.82, 2.24) is 9.97 Å². The molecule has 2 rings (SSSR count). The number of nitrogens with one attached hydrogen (secondary N) is 2.